The van der Waals surface area contributed by atoms with Crippen molar-refractivity contribution in [2.45, 2.75) is 45.4 Å². The van der Waals surface area contributed by atoms with Gasteiger partial charge in [0.25, 0.3) is 0 Å². The Balaban J connectivity index is 1.46. The third-order valence-corrected chi connectivity index (χ3v) is 7.03. The minimum absolute atomic E-state index is 0.273. The maximum atomic E-state index is 13.5. The Hall–Kier alpha value is -3.34. The molecule has 2 aromatic heterocycles. The number of imidazole rings is 1. The Labute approximate surface area is 195 Å². The van der Waals surface area contributed by atoms with E-state index in [1.54, 1.807) is 17.8 Å². The molecule has 3 atom stereocenters. The summed E-state index contributed by atoms with van der Waals surface area (Å²) in [6.45, 7) is 3.49. The van der Waals surface area contributed by atoms with E-state index in [0.29, 0.717) is 29.8 Å². The van der Waals surface area contributed by atoms with Crippen molar-refractivity contribution in [2.75, 3.05) is 12.1 Å². The Morgan fingerprint density at radius 1 is 1.29 bits per heavy atom. The number of hydrogen-bond acceptors (Lipinski definition) is 9. The van der Waals surface area contributed by atoms with Crippen molar-refractivity contribution in [1.29, 1.82) is 0 Å². The number of oxime groups is 1. The number of rotatable bonds is 10. The van der Waals surface area contributed by atoms with Gasteiger partial charge in [0, 0.05) is 5.56 Å². The van der Waals surface area contributed by atoms with E-state index < -0.39 is 25.6 Å². The molecule has 13 heteroatoms. The van der Waals surface area contributed by atoms with Gasteiger partial charge in [-0.2, -0.15) is 0 Å². The number of aryl methyl sites for hydroxylation is 1. The number of carboxylic acids is 1. The van der Waals surface area contributed by atoms with Gasteiger partial charge in [-0.05, 0) is 32.3 Å². The fourth-order valence-corrected chi connectivity index (χ4v) is 5.19. The number of fused-ring (bicyclic) bond motifs is 2. The lowest BCUT2D eigenvalue weighted by Crippen LogP contribution is -2.33. The third kappa shape index (κ3) is 5.24. The molecule has 0 saturated heterocycles. The summed E-state index contributed by atoms with van der Waals surface area (Å²) in [6, 6.07) is 6.65. The molecule has 1 aromatic carbocycles. The van der Waals surface area contributed by atoms with Gasteiger partial charge in [0.05, 0.1) is 24.7 Å². The molecule has 1 aliphatic rings. The van der Waals surface area contributed by atoms with Crippen molar-refractivity contribution in [3.63, 3.8) is 0 Å². The first-order chi connectivity index (χ1) is 16.3. The summed E-state index contributed by atoms with van der Waals surface area (Å²) in [7, 11) is -3.80. The van der Waals surface area contributed by atoms with E-state index in [-0.39, 0.29) is 12.2 Å². The summed E-state index contributed by atoms with van der Waals surface area (Å²) >= 11 is 0. The summed E-state index contributed by atoms with van der Waals surface area (Å²) in [5, 5.41) is 15.9. The number of ether oxygens (including phenoxy) is 1. The zero-order valence-corrected chi connectivity index (χ0v) is 19.7. The zero-order valence-electron chi connectivity index (χ0n) is 18.8. The van der Waals surface area contributed by atoms with Crippen molar-refractivity contribution in [3.8, 4) is 0 Å². The van der Waals surface area contributed by atoms with E-state index >= 15 is 0 Å². The highest BCUT2D eigenvalue weighted by atomic mass is 31.2. The van der Waals surface area contributed by atoms with Crippen LogP contribution in [-0.4, -0.2) is 54.8 Å². The smallest absolute Gasteiger partial charge is 0.364 e. The van der Waals surface area contributed by atoms with Crippen LogP contribution in [0, 0.1) is 0 Å². The summed E-state index contributed by atoms with van der Waals surface area (Å²) in [5.74, 6) is -0.896. The zero-order chi connectivity index (χ0) is 24.3. The van der Waals surface area contributed by atoms with Crippen molar-refractivity contribution in [3.05, 3.63) is 48.0 Å². The maximum Gasteiger partial charge on any atom is 0.364 e. The van der Waals surface area contributed by atoms with Crippen LogP contribution in [0.3, 0.4) is 0 Å². The lowest BCUT2D eigenvalue weighted by molar-refractivity contribution is -0.138. The molecule has 1 aliphatic carbocycles. The molecular weight excluding hydrogens is 461 g/mol. The molecule has 3 aromatic rings. The summed E-state index contributed by atoms with van der Waals surface area (Å²) in [6.07, 6.45) is 3.55. The molecule has 0 fully saturated rings. The fraction of sp³-hybridized carbons (Fsp3) is 0.381. The second-order valence-electron chi connectivity index (χ2n) is 8.07. The van der Waals surface area contributed by atoms with Crippen LogP contribution >= 0.6 is 7.52 Å². The molecule has 0 bridgehead atoms. The predicted molar refractivity (Wildman–Crippen MR) is 125 cm³/mol. The lowest BCUT2D eigenvalue weighted by atomic mass is 10.1. The van der Waals surface area contributed by atoms with E-state index in [0.717, 1.165) is 17.5 Å². The van der Waals surface area contributed by atoms with Crippen LogP contribution in [0.5, 0.6) is 0 Å². The van der Waals surface area contributed by atoms with E-state index in [2.05, 4.69) is 25.2 Å². The number of carbonyl (C=O) groups is 1. The first-order valence-corrected chi connectivity index (χ1v) is 12.5. The molecule has 12 nitrogen and oxygen atoms in total. The number of nitrogens with two attached hydrogens (primary N) is 1. The van der Waals surface area contributed by atoms with Gasteiger partial charge in [-0.3, -0.25) is 9.36 Å². The third-order valence-electron chi connectivity index (χ3n) is 5.42. The number of nitrogen functional groups attached to an aromatic ring is 1. The van der Waals surface area contributed by atoms with Crippen LogP contribution in [0.2, 0.25) is 0 Å². The maximum absolute atomic E-state index is 13.5. The van der Waals surface area contributed by atoms with Gasteiger partial charge in [-0.25, -0.2) is 20.0 Å². The van der Waals surface area contributed by atoms with Gasteiger partial charge < -0.3 is 24.8 Å². The van der Waals surface area contributed by atoms with Gasteiger partial charge in [0.2, 0.25) is 0 Å². The van der Waals surface area contributed by atoms with Crippen LogP contribution in [0.25, 0.3) is 11.2 Å². The molecule has 0 spiro atoms. The summed E-state index contributed by atoms with van der Waals surface area (Å²) < 4.78 is 26.5. The Morgan fingerprint density at radius 3 is 2.88 bits per heavy atom. The van der Waals surface area contributed by atoms with Gasteiger partial charge in [-0.1, -0.05) is 29.4 Å². The van der Waals surface area contributed by atoms with Crippen molar-refractivity contribution in [1.82, 2.24) is 24.6 Å². The van der Waals surface area contributed by atoms with Crippen LogP contribution in [0.4, 0.5) is 5.82 Å². The second-order valence-corrected chi connectivity index (χ2v) is 10.1. The molecule has 4 rings (SSSR count). The molecule has 0 aliphatic heterocycles. The molecule has 34 heavy (non-hydrogen) atoms. The molecular formula is C21H26N7O5P. The molecule has 4 N–H and O–H groups in total. The van der Waals surface area contributed by atoms with Crippen LogP contribution in [0.1, 0.15) is 31.4 Å². The number of carboxylic acid groups (broad SMARTS) is 1. The van der Waals surface area contributed by atoms with E-state index in [1.807, 2.05) is 24.3 Å². The van der Waals surface area contributed by atoms with Crippen LogP contribution < -0.4 is 10.8 Å². The second kappa shape index (κ2) is 9.88. The molecule has 180 valence electrons. The fourth-order valence-electron chi connectivity index (χ4n) is 3.64. The SMILES string of the molecule is C[C@H](NP(=O)(CO[C@@H](C)Cn1cnc2c(N)ncnc21)O/N=C1\CCc2ccccc21)C(=O)O. The number of anilines is 1. The Bertz CT molecular complexity index is 1280. The predicted octanol–water partition coefficient (Wildman–Crippen LogP) is 2.39. The summed E-state index contributed by atoms with van der Waals surface area (Å²) in [4.78, 5) is 23.7. The highest BCUT2D eigenvalue weighted by Gasteiger charge is 2.32. The first kappa shape index (κ1) is 23.8. The largest absolute Gasteiger partial charge is 0.480 e. The average Bonchev–Trinajstić information content (AvgIpc) is 3.41. The van der Waals surface area contributed by atoms with Crippen molar-refractivity contribution in [2.24, 2.45) is 5.16 Å². The standard InChI is InChI=1S/C21H26N7O5P/c1-13(9-28-11-25-18-19(22)23-10-24-20(18)28)32-12-34(31,27-14(2)21(29)30)33-26-17-8-7-15-5-3-4-6-16(15)17/h3-6,10-11,13-14H,7-9,12H2,1-2H3,(H,27,31)(H,29,30)(H2,22,23,24)/b26-17+/t13-,14-,34?/m0/s1. The topological polar surface area (TPSA) is 167 Å². The quantitative estimate of drug-likeness (QED) is 0.285. The minimum atomic E-state index is -3.80. The number of hydrogen-bond donors (Lipinski definition) is 3. The highest BCUT2D eigenvalue weighted by molar-refractivity contribution is 7.56. The highest BCUT2D eigenvalue weighted by Crippen LogP contribution is 2.44. The molecule has 0 saturated carbocycles. The molecule has 0 radical (unpaired) electrons. The van der Waals surface area contributed by atoms with E-state index in [9.17, 15) is 14.5 Å². The number of aliphatic carboxylic acids is 1. The number of aromatic nitrogens is 4. The van der Waals surface area contributed by atoms with E-state index in [4.69, 9.17) is 15.1 Å². The number of benzene rings is 1. The monoisotopic (exact) mass is 487 g/mol. The summed E-state index contributed by atoms with van der Waals surface area (Å²) in [5.41, 5.74) is 9.58. The molecule has 2 heterocycles. The average molecular weight is 487 g/mol. The van der Waals surface area contributed by atoms with Gasteiger partial charge in [0.15, 0.2) is 11.5 Å². The normalized spacial score (nSPS) is 17.9. The Kier molecular flexibility index (Phi) is 6.92. The molecule has 0 amide bonds. The Morgan fingerprint density at radius 2 is 2.09 bits per heavy atom. The van der Waals surface area contributed by atoms with Crippen molar-refractivity contribution >= 4 is 36.2 Å². The van der Waals surface area contributed by atoms with E-state index in [1.165, 1.54) is 13.3 Å². The van der Waals surface area contributed by atoms with Gasteiger partial charge >= 0.3 is 13.5 Å². The minimum Gasteiger partial charge on any atom is -0.480 e. The lowest BCUT2D eigenvalue weighted by Gasteiger charge is -2.22. The van der Waals surface area contributed by atoms with Gasteiger partial charge in [0.1, 0.15) is 24.2 Å². The van der Waals surface area contributed by atoms with Crippen LogP contribution in [0.15, 0.2) is 42.1 Å². The number of nitrogens with one attached hydrogen (secondary N) is 1. The molecule has 1 unspecified atom stereocenters. The van der Waals surface area contributed by atoms with Crippen LogP contribution in [-0.2, 0) is 31.7 Å². The number of nitrogens with zero attached hydrogens (tertiary/aromatic N) is 5. The first-order valence-electron chi connectivity index (χ1n) is 10.7. The van der Waals surface area contributed by atoms with Gasteiger partial charge in [-0.15, -0.1) is 0 Å². The van der Waals surface area contributed by atoms with Crippen molar-refractivity contribution < 1.29 is 23.8 Å².